The number of benzene rings is 1. The molecular formula is C24H23N5O. The number of anilines is 1. The quantitative estimate of drug-likeness (QED) is 0.354. The summed E-state index contributed by atoms with van der Waals surface area (Å²) < 4.78 is 0. The average molecular weight is 397 g/mol. The van der Waals surface area contributed by atoms with Gasteiger partial charge in [-0.05, 0) is 66.5 Å². The van der Waals surface area contributed by atoms with Gasteiger partial charge >= 0.3 is 0 Å². The summed E-state index contributed by atoms with van der Waals surface area (Å²) in [6, 6.07) is 8.58. The first kappa shape index (κ1) is 19.6. The van der Waals surface area contributed by atoms with E-state index in [0.717, 1.165) is 19.5 Å². The summed E-state index contributed by atoms with van der Waals surface area (Å²) in [6.07, 6.45) is 9.98. The van der Waals surface area contributed by atoms with Gasteiger partial charge in [-0.15, -0.1) is 0 Å². The molecular weight excluding hydrogens is 374 g/mol. The van der Waals surface area contributed by atoms with Crippen LogP contribution < -0.4 is 16.4 Å². The highest BCUT2D eigenvalue weighted by atomic mass is 16.1. The zero-order valence-electron chi connectivity index (χ0n) is 16.5. The highest BCUT2D eigenvalue weighted by molar-refractivity contribution is 6.14. The molecule has 6 heteroatoms. The Morgan fingerprint density at radius 2 is 2.00 bits per heavy atom. The number of allylic oxidation sites excluding steroid dienone is 3. The summed E-state index contributed by atoms with van der Waals surface area (Å²) in [7, 11) is 0. The largest absolute Gasteiger partial charge is 0.398 e. The summed E-state index contributed by atoms with van der Waals surface area (Å²) >= 11 is 0. The van der Waals surface area contributed by atoms with E-state index in [1.54, 1.807) is 42.7 Å². The fourth-order valence-electron chi connectivity index (χ4n) is 3.78. The number of rotatable bonds is 5. The lowest BCUT2D eigenvalue weighted by atomic mass is 9.87. The Hall–Kier alpha value is -3.69. The molecule has 6 nitrogen and oxygen atoms in total. The molecule has 1 saturated heterocycles. The molecule has 2 unspecified atom stereocenters. The Bertz CT molecular complexity index is 1110. The maximum atomic E-state index is 12.9. The van der Waals surface area contributed by atoms with E-state index in [-0.39, 0.29) is 17.7 Å². The number of nitrogens with two attached hydrogens (primary N) is 1. The first-order valence-corrected chi connectivity index (χ1v) is 9.90. The van der Waals surface area contributed by atoms with Crippen LogP contribution in [-0.2, 0) is 0 Å². The van der Waals surface area contributed by atoms with Crippen LogP contribution in [0, 0.1) is 11.3 Å². The molecule has 30 heavy (non-hydrogen) atoms. The number of carbonyl (C=O) groups is 1. The number of nitrogen functional groups attached to an aromatic ring is 1. The third kappa shape index (κ3) is 4.32. The smallest absolute Gasteiger partial charge is 0.251 e. The molecule has 1 aliphatic heterocycles. The molecule has 5 N–H and O–H groups in total. The van der Waals surface area contributed by atoms with Crippen molar-refractivity contribution < 1.29 is 4.79 Å². The number of aromatic nitrogens is 1. The second kappa shape index (κ2) is 8.76. The highest BCUT2D eigenvalue weighted by Gasteiger charge is 2.25. The van der Waals surface area contributed by atoms with Crippen LogP contribution in [0.4, 0.5) is 5.69 Å². The molecule has 1 aliphatic carbocycles. The molecule has 4 rings (SSSR count). The molecule has 0 spiro atoms. The number of nitrogens with zero attached hydrogens (tertiary/aromatic N) is 1. The van der Waals surface area contributed by atoms with Crippen LogP contribution >= 0.6 is 0 Å². The minimum atomic E-state index is -0.167. The van der Waals surface area contributed by atoms with Gasteiger partial charge in [0, 0.05) is 53.9 Å². The van der Waals surface area contributed by atoms with Crippen molar-refractivity contribution >= 4 is 17.3 Å². The maximum Gasteiger partial charge on any atom is 0.251 e. The van der Waals surface area contributed by atoms with Crippen molar-refractivity contribution in [2.75, 3.05) is 18.8 Å². The summed E-state index contributed by atoms with van der Waals surface area (Å²) in [5, 5.41) is 15.0. The molecule has 1 amide bonds. The van der Waals surface area contributed by atoms with Crippen molar-refractivity contribution in [3.8, 4) is 0 Å². The van der Waals surface area contributed by atoms with Gasteiger partial charge in [0.2, 0.25) is 0 Å². The zero-order valence-corrected chi connectivity index (χ0v) is 16.5. The minimum absolute atomic E-state index is 0.0149. The normalized spacial score (nSPS) is 19.9. The van der Waals surface area contributed by atoms with Crippen LogP contribution in [0.15, 0.2) is 78.0 Å². The van der Waals surface area contributed by atoms with Crippen molar-refractivity contribution in [1.29, 1.82) is 5.41 Å². The first-order valence-electron chi connectivity index (χ1n) is 9.90. The van der Waals surface area contributed by atoms with Gasteiger partial charge < -0.3 is 16.4 Å². The molecule has 0 bridgehead atoms. The van der Waals surface area contributed by atoms with Gasteiger partial charge in [0.15, 0.2) is 0 Å². The van der Waals surface area contributed by atoms with Gasteiger partial charge in [0.25, 0.3) is 5.91 Å². The zero-order chi connectivity index (χ0) is 20.9. The first-order chi connectivity index (χ1) is 14.6. The van der Waals surface area contributed by atoms with Crippen LogP contribution in [0.5, 0.6) is 0 Å². The average Bonchev–Trinajstić information content (AvgIpc) is 2.80. The lowest BCUT2D eigenvalue weighted by Gasteiger charge is -2.31. The number of pyridine rings is 1. The van der Waals surface area contributed by atoms with Crippen LogP contribution in [0.25, 0.3) is 0 Å². The van der Waals surface area contributed by atoms with E-state index in [2.05, 4.69) is 27.1 Å². The SMILES string of the molecule is N=C(c1ccncc1)c1cc(C(=O)NC2CNCC(C3=CC=C=C=C3)C2)ccc1N. The maximum absolute atomic E-state index is 12.9. The summed E-state index contributed by atoms with van der Waals surface area (Å²) in [4.78, 5) is 16.9. The number of hydrogen-bond acceptors (Lipinski definition) is 5. The second-order valence-electron chi connectivity index (χ2n) is 7.44. The number of amides is 1. The van der Waals surface area contributed by atoms with Gasteiger partial charge in [-0.25, -0.2) is 0 Å². The summed E-state index contributed by atoms with van der Waals surface area (Å²) in [6.45, 7) is 1.60. The monoisotopic (exact) mass is 397 g/mol. The molecule has 1 aromatic heterocycles. The predicted molar refractivity (Wildman–Crippen MR) is 118 cm³/mol. The van der Waals surface area contributed by atoms with Crippen molar-refractivity contribution in [2.45, 2.75) is 12.5 Å². The van der Waals surface area contributed by atoms with E-state index in [9.17, 15) is 4.79 Å². The number of carbonyl (C=O) groups excluding carboxylic acids is 1. The Morgan fingerprint density at radius 1 is 1.17 bits per heavy atom. The molecule has 2 aliphatic rings. The lowest BCUT2D eigenvalue weighted by molar-refractivity contribution is 0.0926. The van der Waals surface area contributed by atoms with Gasteiger partial charge in [-0.3, -0.25) is 15.2 Å². The Balaban J connectivity index is 1.47. The van der Waals surface area contributed by atoms with Crippen molar-refractivity contribution in [3.05, 3.63) is 94.7 Å². The standard InChI is InChI=1S/C24H23N5O/c25-22-7-6-18(13-21(22)23(26)17-8-10-27-11-9-17)24(30)29-20-12-19(14-28-15-20)16-4-2-1-3-5-16/h2,4-11,13,19-20,26,28H,12,14-15,25H2,(H,29,30). The molecule has 2 aromatic rings. The Labute approximate surface area is 175 Å². The topological polar surface area (TPSA) is 104 Å². The Morgan fingerprint density at radius 3 is 2.77 bits per heavy atom. The molecule has 150 valence electrons. The number of piperidine rings is 1. The van der Waals surface area contributed by atoms with Gasteiger partial charge in [-0.2, -0.15) is 0 Å². The molecule has 1 fully saturated rings. The van der Waals surface area contributed by atoms with E-state index in [1.807, 2.05) is 18.2 Å². The number of nitrogens with one attached hydrogen (secondary N) is 3. The minimum Gasteiger partial charge on any atom is -0.398 e. The second-order valence-corrected chi connectivity index (χ2v) is 7.44. The van der Waals surface area contributed by atoms with E-state index in [0.29, 0.717) is 28.3 Å². The predicted octanol–water partition coefficient (Wildman–Crippen LogP) is 2.59. The van der Waals surface area contributed by atoms with Crippen LogP contribution in [0.2, 0.25) is 0 Å². The summed E-state index contributed by atoms with van der Waals surface area (Å²) in [5.41, 5.74) is 15.7. The molecule has 1 aromatic carbocycles. The fourth-order valence-corrected chi connectivity index (χ4v) is 3.78. The van der Waals surface area contributed by atoms with Gasteiger partial charge in [-0.1, -0.05) is 11.5 Å². The van der Waals surface area contributed by atoms with Crippen molar-refractivity contribution in [2.24, 2.45) is 5.92 Å². The van der Waals surface area contributed by atoms with Crippen LogP contribution in [-0.4, -0.2) is 35.7 Å². The molecule has 2 atom stereocenters. The molecule has 0 saturated carbocycles. The van der Waals surface area contributed by atoms with Gasteiger partial charge in [0.1, 0.15) is 0 Å². The van der Waals surface area contributed by atoms with Crippen molar-refractivity contribution in [1.82, 2.24) is 15.6 Å². The lowest BCUT2D eigenvalue weighted by Crippen LogP contribution is -2.49. The molecule has 0 radical (unpaired) electrons. The molecule has 2 heterocycles. The third-order valence-corrected chi connectivity index (χ3v) is 5.39. The van der Waals surface area contributed by atoms with Crippen LogP contribution in [0.1, 0.15) is 27.9 Å². The van der Waals surface area contributed by atoms with Gasteiger partial charge in [0.05, 0.1) is 5.71 Å². The Kier molecular flexibility index (Phi) is 5.73. The van der Waals surface area contributed by atoms with Crippen molar-refractivity contribution in [3.63, 3.8) is 0 Å². The number of hydrogen-bond donors (Lipinski definition) is 4. The summed E-state index contributed by atoms with van der Waals surface area (Å²) in [5.74, 6) is 0.149. The van der Waals surface area contributed by atoms with E-state index in [1.165, 1.54) is 5.57 Å². The third-order valence-electron chi connectivity index (χ3n) is 5.39. The van der Waals surface area contributed by atoms with E-state index >= 15 is 0 Å². The highest BCUT2D eigenvalue weighted by Crippen LogP contribution is 2.23. The fraction of sp³-hybridized carbons (Fsp3) is 0.208. The van der Waals surface area contributed by atoms with E-state index in [4.69, 9.17) is 11.1 Å². The van der Waals surface area contributed by atoms with E-state index < -0.39 is 0 Å². The van der Waals surface area contributed by atoms with Crippen LogP contribution in [0.3, 0.4) is 0 Å².